The van der Waals surface area contributed by atoms with Crippen molar-refractivity contribution >= 4 is 16.9 Å². The van der Waals surface area contributed by atoms with Crippen LogP contribution in [0.3, 0.4) is 0 Å². The van der Waals surface area contributed by atoms with E-state index >= 15 is 0 Å². The molecule has 1 aliphatic rings. The number of ether oxygens (including phenoxy) is 1. The van der Waals surface area contributed by atoms with Crippen molar-refractivity contribution in [3.05, 3.63) is 50.9 Å². The minimum absolute atomic E-state index is 0.0828. The minimum atomic E-state index is -0.871. The van der Waals surface area contributed by atoms with Gasteiger partial charge in [-0.25, -0.2) is 9.18 Å². The summed E-state index contributed by atoms with van der Waals surface area (Å²) in [6.45, 7) is 2.08. The molecule has 0 saturated heterocycles. The summed E-state index contributed by atoms with van der Waals surface area (Å²) in [4.78, 5) is 25.9. The van der Waals surface area contributed by atoms with Gasteiger partial charge >= 0.3 is 17.6 Å². The van der Waals surface area contributed by atoms with Gasteiger partial charge in [-0.1, -0.05) is 0 Å². The number of fused-ring (bicyclic) bond motifs is 2. The zero-order valence-corrected chi connectivity index (χ0v) is 12.4. The molecule has 1 atom stereocenters. The van der Waals surface area contributed by atoms with Crippen LogP contribution in [0.5, 0.6) is 6.01 Å². The molecule has 0 bridgehead atoms. The molecule has 1 aliphatic heterocycles. The molecule has 0 saturated carbocycles. The predicted molar refractivity (Wildman–Crippen MR) is 78.3 cm³/mol. The van der Waals surface area contributed by atoms with Crippen LogP contribution in [0, 0.1) is 15.9 Å². The predicted octanol–water partition coefficient (Wildman–Crippen LogP) is 1.69. The van der Waals surface area contributed by atoms with Crippen LogP contribution < -0.4 is 10.5 Å². The Hall–Kier alpha value is -3.17. The highest BCUT2D eigenvalue weighted by molar-refractivity contribution is 5.72. The number of halogens is 1. The number of benzene rings is 1. The van der Waals surface area contributed by atoms with Gasteiger partial charge in [0, 0.05) is 11.1 Å². The Morgan fingerprint density at radius 1 is 1.50 bits per heavy atom. The Morgan fingerprint density at radius 2 is 2.29 bits per heavy atom. The number of oxazole rings is 1. The van der Waals surface area contributed by atoms with Crippen LogP contribution in [-0.4, -0.2) is 24.6 Å². The Bertz CT molecular complexity index is 1010. The number of hydrogen-bond donors (Lipinski definition) is 0. The molecule has 0 fully saturated rings. The lowest BCUT2D eigenvalue weighted by Gasteiger charge is -2.21. The summed E-state index contributed by atoms with van der Waals surface area (Å²) in [5.74, 6) is -1.42. The summed E-state index contributed by atoms with van der Waals surface area (Å²) in [5, 5.41) is 10.7. The summed E-state index contributed by atoms with van der Waals surface area (Å²) in [6.07, 6.45) is 1.27. The van der Waals surface area contributed by atoms with Gasteiger partial charge in [0.2, 0.25) is 0 Å². The average Bonchev–Trinajstić information content (AvgIpc) is 3.10. The van der Waals surface area contributed by atoms with Gasteiger partial charge in [0.1, 0.15) is 17.6 Å². The highest BCUT2D eigenvalue weighted by Gasteiger charge is 2.41. The third kappa shape index (κ3) is 2.14. The molecule has 124 valence electrons. The number of hydrogen-bond acceptors (Lipinski definition) is 6. The van der Waals surface area contributed by atoms with Crippen molar-refractivity contribution in [1.29, 1.82) is 0 Å². The molecule has 0 N–H and O–H groups in total. The lowest BCUT2D eigenvalue weighted by Crippen LogP contribution is -2.39. The van der Waals surface area contributed by atoms with Crippen molar-refractivity contribution in [3.8, 4) is 6.01 Å². The van der Waals surface area contributed by atoms with E-state index in [0.717, 1.165) is 0 Å². The maximum atomic E-state index is 13.5. The van der Waals surface area contributed by atoms with Gasteiger partial charge in [-0.15, -0.1) is 0 Å². The van der Waals surface area contributed by atoms with E-state index in [1.54, 1.807) is 6.92 Å². The Balaban J connectivity index is 1.68. The molecule has 1 unspecified atom stereocenters. The molecule has 0 spiro atoms. The molecule has 2 aromatic heterocycles. The molecular weight excluding hydrogens is 323 g/mol. The lowest BCUT2D eigenvalue weighted by atomic mass is 10.1. The first-order chi connectivity index (χ1) is 11.3. The van der Waals surface area contributed by atoms with Crippen molar-refractivity contribution < 1.29 is 18.5 Å². The lowest BCUT2D eigenvalue weighted by molar-refractivity contribution is -0.389. The van der Waals surface area contributed by atoms with Crippen molar-refractivity contribution in [2.75, 3.05) is 0 Å². The van der Waals surface area contributed by atoms with E-state index in [0.29, 0.717) is 5.52 Å². The number of rotatable bonds is 3. The Labute approximate surface area is 133 Å². The van der Waals surface area contributed by atoms with E-state index in [1.807, 2.05) is 0 Å². The van der Waals surface area contributed by atoms with Gasteiger partial charge in [-0.05, 0) is 24.0 Å². The number of nitro groups is 1. The zero-order valence-electron chi connectivity index (χ0n) is 12.4. The molecule has 10 heteroatoms. The SMILES string of the molecule is CC1(Cn2c(=O)oc3ccc(F)cc32)Cn2cc([N+](=O)[O-])nc2O1. The van der Waals surface area contributed by atoms with Crippen LogP contribution in [0.25, 0.3) is 11.1 Å². The molecule has 4 rings (SSSR count). The van der Waals surface area contributed by atoms with E-state index < -0.39 is 22.1 Å². The third-order valence-electron chi connectivity index (χ3n) is 3.88. The fraction of sp³-hybridized carbons (Fsp3) is 0.286. The Kier molecular flexibility index (Phi) is 2.80. The van der Waals surface area contributed by atoms with Crippen LogP contribution in [-0.2, 0) is 13.1 Å². The molecule has 3 heterocycles. The fourth-order valence-electron chi connectivity index (χ4n) is 2.88. The maximum Gasteiger partial charge on any atom is 0.420 e. The standard InChI is InChI=1S/C14H11FN4O5/c1-14(6-17-5-11(19(21)22)16-12(17)24-14)7-18-9-4-8(15)2-3-10(9)23-13(18)20/h2-5H,6-7H2,1H3. The van der Waals surface area contributed by atoms with Crippen LogP contribution in [0.2, 0.25) is 0 Å². The molecule has 0 amide bonds. The molecule has 9 nitrogen and oxygen atoms in total. The quantitative estimate of drug-likeness (QED) is 0.533. The molecule has 0 aliphatic carbocycles. The van der Waals surface area contributed by atoms with Crippen LogP contribution in [0.15, 0.2) is 33.6 Å². The van der Waals surface area contributed by atoms with Crippen molar-refractivity contribution in [2.24, 2.45) is 0 Å². The second-order valence-electron chi connectivity index (χ2n) is 5.88. The van der Waals surface area contributed by atoms with Crippen LogP contribution in [0.4, 0.5) is 10.2 Å². The topological polar surface area (TPSA) is 105 Å². The molecule has 24 heavy (non-hydrogen) atoms. The largest absolute Gasteiger partial charge is 0.436 e. The van der Waals surface area contributed by atoms with Gasteiger partial charge in [0.25, 0.3) is 0 Å². The van der Waals surface area contributed by atoms with Gasteiger partial charge in [-0.2, -0.15) is 0 Å². The van der Waals surface area contributed by atoms with E-state index in [-0.39, 0.29) is 30.5 Å². The van der Waals surface area contributed by atoms with Crippen molar-refractivity contribution in [1.82, 2.24) is 14.1 Å². The highest BCUT2D eigenvalue weighted by atomic mass is 19.1. The first kappa shape index (κ1) is 14.4. The van der Waals surface area contributed by atoms with Gasteiger partial charge in [0.15, 0.2) is 5.58 Å². The Morgan fingerprint density at radius 3 is 3.00 bits per heavy atom. The monoisotopic (exact) mass is 334 g/mol. The van der Waals surface area contributed by atoms with Crippen molar-refractivity contribution in [2.45, 2.75) is 25.6 Å². The fourth-order valence-corrected chi connectivity index (χ4v) is 2.88. The normalized spacial score (nSPS) is 19.4. The van der Waals surface area contributed by atoms with Gasteiger partial charge in [0.05, 0.1) is 18.6 Å². The number of imidazole rings is 1. The van der Waals surface area contributed by atoms with E-state index in [2.05, 4.69) is 4.98 Å². The van der Waals surface area contributed by atoms with Crippen molar-refractivity contribution in [3.63, 3.8) is 0 Å². The number of nitrogens with zero attached hydrogens (tertiary/aromatic N) is 4. The first-order valence-electron chi connectivity index (χ1n) is 7.04. The number of aromatic nitrogens is 3. The summed E-state index contributed by atoms with van der Waals surface area (Å²) < 4.78 is 27.0. The zero-order chi connectivity index (χ0) is 17.1. The van der Waals surface area contributed by atoms with Crippen LogP contribution >= 0.6 is 0 Å². The maximum absolute atomic E-state index is 13.5. The van der Waals surface area contributed by atoms with E-state index in [4.69, 9.17) is 9.15 Å². The van der Waals surface area contributed by atoms with Gasteiger partial charge in [-0.3, -0.25) is 9.13 Å². The third-order valence-corrected chi connectivity index (χ3v) is 3.88. The summed E-state index contributed by atoms with van der Waals surface area (Å²) in [6, 6.07) is 3.91. The van der Waals surface area contributed by atoms with Crippen LogP contribution in [0.1, 0.15) is 6.92 Å². The van der Waals surface area contributed by atoms with Gasteiger partial charge < -0.3 is 19.3 Å². The summed E-state index contributed by atoms with van der Waals surface area (Å²) >= 11 is 0. The minimum Gasteiger partial charge on any atom is -0.436 e. The summed E-state index contributed by atoms with van der Waals surface area (Å²) in [7, 11) is 0. The first-order valence-corrected chi connectivity index (χ1v) is 7.04. The molecule has 3 aromatic rings. The second kappa shape index (κ2) is 4.66. The average molecular weight is 334 g/mol. The van der Waals surface area contributed by atoms with E-state index in [1.165, 1.54) is 33.5 Å². The molecule has 1 aromatic carbocycles. The summed E-state index contributed by atoms with van der Waals surface area (Å²) in [5.41, 5.74) is -0.276. The highest BCUT2D eigenvalue weighted by Crippen LogP contribution is 2.32. The smallest absolute Gasteiger partial charge is 0.420 e. The van der Waals surface area contributed by atoms with E-state index in [9.17, 15) is 19.3 Å². The molecule has 0 radical (unpaired) electrons. The second-order valence-corrected chi connectivity index (χ2v) is 5.88. The molecular formula is C14H11FN4O5.